The number of carbonyl (C=O) groups excluding carboxylic acids is 2. The summed E-state index contributed by atoms with van der Waals surface area (Å²) in [6.07, 6.45) is 2.06. The van der Waals surface area contributed by atoms with Gasteiger partial charge >= 0.3 is 5.97 Å². The lowest BCUT2D eigenvalue weighted by Gasteiger charge is -2.13. The monoisotopic (exact) mass is 407 g/mol. The predicted octanol–water partition coefficient (Wildman–Crippen LogP) is 4.34. The van der Waals surface area contributed by atoms with Crippen LogP contribution in [-0.4, -0.2) is 22.7 Å². The van der Waals surface area contributed by atoms with E-state index < -0.39 is 5.97 Å². The molecule has 0 atom stereocenters. The van der Waals surface area contributed by atoms with Gasteiger partial charge in [0.15, 0.2) is 5.76 Å². The maximum Gasteiger partial charge on any atom is 0.367 e. The number of anilines is 1. The molecule has 3 aromatic rings. The average Bonchev–Trinajstić information content (AvgIpc) is 3.17. The maximum atomic E-state index is 13.3. The van der Waals surface area contributed by atoms with Crippen LogP contribution in [0.25, 0.3) is 11.3 Å². The van der Waals surface area contributed by atoms with E-state index in [4.69, 9.17) is 9.36 Å². The van der Waals surface area contributed by atoms with Crippen molar-refractivity contribution in [2.75, 3.05) is 5.32 Å². The van der Waals surface area contributed by atoms with E-state index in [0.29, 0.717) is 46.8 Å². The van der Waals surface area contributed by atoms with Gasteiger partial charge in [-0.15, -0.1) is 0 Å². The van der Waals surface area contributed by atoms with Crippen LogP contribution in [0.4, 0.5) is 10.1 Å². The lowest BCUT2D eigenvalue weighted by Crippen LogP contribution is -2.15. The van der Waals surface area contributed by atoms with Gasteiger partial charge in [-0.1, -0.05) is 22.4 Å². The van der Waals surface area contributed by atoms with Crippen molar-refractivity contribution in [3.8, 4) is 11.3 Å². The summed E-state index contributed by atoms with van der Waals surface area (Å²) in [5.74, 6) is -0.892. The molecule has 4 rings (SSSR count). The molecule has 0 unspecified atom stereocenters. The molecule has 0 saturated carbocycles. The van der Waals surface area contributed by atoms with Crippen molar-refractivity contribution < 1.29 is 23.3 Å². The lowest BCUT2D eigenvalue weighted by molar-refractivity contribution is -0.114. The van der Waals surface area contributed by atoms with E-state index in [1.165, 1.54) is 19.1 Å². The molecule has 8 heteroatoms. The molecule has 1 heterocycles. The van der Waals surface area contributed by atoms with Crippen molar-refractivity contribution >= 4 is 23.3 Å². The molecule has 152 valence electrons. The minimum Gasteiger partial charge on any atom is -0.355 e. The molecule has 1 aromatic heterocycles. The third-order valence-electron chi connectivity index (χ3n) is 4.68. The van der Waals surface area contributed by atoms with Crippen LogP contribution < -0.4 is 5.32 Å². The summed E-state index contributed by atoms with van der Waals surface area (Å²) in [6.45, 7) is 1.36. The van der Waals surface area contributed by atoms with Crippen LogP contribution in [-0.2, 0) is 16.1 Å². The largest absolute Gasteiger partial charge is 0.367 e. The Balaban J connectivity index is 1.63. The molecule has 0 radical (unpaired) electrons. The Hall–Kier alpha value is -3.81. The number of hydrogen-bond acceptors (Lipinski definition) is 6. The molecule has 1 aliphatic rings. The Morgan fingerprint density at radius 3 is 2.67 bits per heavy atom. The number of fused-ring (bicyclic) bond motifs is 1. The third kappa shape index (κ3) is 3.98. The standard InChI is InChI=1S/C22H18FN3O4/c1-13(27)24-17-6-3-2-5-16(17)22(28)30-26-19-8-4-7-18-20(19)21(29-25-18)14-9-11-15(23)12-10-14/h2-3,5-6,9-12H,4,7-8H2,1H3,(H,24,27)/b26-19+. The van der Waals surface area contributed by atoms with Crippen molar-refractivity contribution in [2.45, 2.75) is 26.2 Å². The lowest BCUT2D eigenvalue weighted by atomic mass is 9.92. The molecule has 1 N–H and O–H groups in total. The SMILES string of the molecule is CC(=O)Nc1ccccc1C(=O)O/N=C1\CCCc2noc(-c3ccc(F)cc3)c21. The van der Waals surface area contributed by atoms with Crippen LogP contribution in [0.1, 0.15) is 41.4 Å². The molecule has 0 spiro atoms. The topological polar surface area (TPSA) is 93.8 Å². The zero-order valence-electron chi connectivity index (χ0n) is 16.1. The van der Waals surface area contributed by atoms with Crippen LogP contribution in [0, 0.1) is 5.82 Å². The molecule has 0 fully saturated rings. The molecule has 0 aliphatic heterocycles. The number of carbonyl (C=O) groups is 2. The number of amides is 1. The average molecular weight is 407 g/mol. The van der Waals surface area contributed by atoms with Crippen LogP contribution in [0.15, 0.2) is 58.2 Å². The fourth-order valence-electron chi connectivity index (χ4n) is 3.33. The first-order valence-corrected chi connectivity index (χ1v) is 9.42. The molecule has 1 amide bonds. The van der Waals surface area contributed by atoms with Gasteiger partial charge in [-0.3, -0.25) is 4.79 Å². The predicted molar refractivity (Wildman–Crippen MR) is 108 cm³/mol. The fraction of sp³-hybridized carbons (Fsp3) is 0.182. The first-order valence-electron chi connectivity index (χ1n) is 9.42. The second-order valence-corrected chi connectivity index (χ2v) is 6.84. The summed E-state index contributed by atoms with van der Waals surface area (Å²) >= 11 is 0. The van der Waals surface area contributed by atoms with E-state index in [1.807, 2.05) is 0 Å². The van der Waals surface area contributed by atoms with Crippen molar-refractivity contribution in [2.24, 2.45) is 5.16 Å². The zero-order valence-corrected chi connectivity index (χ0v) is 16.1. The van der Waals surface area contributed by atoms with Gasteiger partial charge in [0.2, 0.25) is 5.91 Å². The summed E-state index contributed by atoms with van der Waals surface area (Å²) < 4.78 is 18.8. The van der Waals surface area contributed by atoms with Gasteiger partial charge in [0.05, 0.1) is 28.2 Å². The number of halogens is 1. The fourth-order valence-corrected chi connectivity index (χ4v) is 3.33. The molecule has 1 aliphatic carbocycles. The van der Waals surface area contributed by atoms with Crippen molar-refractivity contribution in [1.82, 2.24) is 5.16 Å². The second kappa shape index (κ2) is 8.28. The minimum atomic E-state index is -0.696. The normalized spacial score (nSPS) is 14.3. The maximum absolute atomic E-state index is 13.3. The second-order valence-electron chi connectivity index (χ2n) is 6.84. The Morgan fingerprint density at radius 1 is 1.13 bits per heavy atom. The molecule has 7 nitrogen and oxygen atoms in total. The molecular formula is C22H18FN3O4. The highest BCUT2D eigenvalue weighted by Crippen LogP contribution is 2.32. The summed E-state index contributed by atoms with van der Waals surface area (Å²) in [5.41, 5.74) is 3.10. The van der Waals surface area contributed by atoms with Gasteiger partial charge in [0.1, 0.15) is 5.82 Å². The van der Waals surface area contributed by atoms with Crippen molar-refractivity contribution in [3.63, 3.8) is 0 Å². The van der Waals surface area contributed by atoms with Crippen LogP contribution in [0.2, 0.25) is 0 Å². The van der Waals surface area contributed by atoms with E-state index in [-0.39, 0.29) is 17.3 Å². The molecule has 2 aromatic carbocycles. The minimum absolute atomic E-state index is 0.192. The Bertz CT molecular complexity index is 1140. The number of aromatic nitrogens is 1. The Kier molecular flexibility index (Phi) is 5.38. The van der Waals surface area contributed by atoms with Gasteiger partial charge in [0.25, 0.3) is 0 Å². The van der Waals surface area contributed by atoms with Crippen LogP contribution in [0.3, 0.4) is 0 Å². The smallest absolute Gasteiger partial charge is 0.355 e. The number of aryl methyl sites for hydroxylation is 1. The molecule has 0 saturated heterocycles. The van der Waals surface area contributed by atoms with Gasteiger partial charge in [-0.2, -0.15) is 0 Å². The van der Waals surface area contributed by atoms with Crippen molar-refractivity contribution in [3.05, 3.63) is 71.2 Å². The highest BCUT2D eigenvalue weighted by molar-refractivity contribution is 6.07. The Morgan fingerprint density at radius 2 is 1.90 bits per heavy atom. The zero-order chi connectivity index (χ0) is 21.1. The quantitative estimate of drug-likeness (QED) is 0.513. The number of para-hydroxylation sites is 1. The number of nitrogens with one attached hydrogen (secondary N) is 1. The number of nitrogens with zero attached hydrogens (tertiary/aromatic N) is 2. The third-order valence-corrected chi connectivity index (χ3v) is 4.68. The summed E-state index contributed by atoms with van der Waals surface area (Å²) in [6, 6.07) is 12.4. The molecule has 0 bridgehead atoms. The number of rotatable bonds is 4. The number of hydrogen-bond donors (Lipinski definition) is 1. The van der Waals surface area contributed by atoms with Gasteiger partial charge in [-0.05, 0) is 55.7 Å². The van der Waals surface area contributed by atoms with E-state index in [0.717, 1.165) is 6.42 Å². The van der Waals surface area contributed by atoms with Gasteiger partial charge in [-0.25, -0.2) is 9.18 Å². The number of oxime groups is 1. The van der Waals surface area contributed by atoms with Gasteiger partial charge in [0, 0.05) is 12.5 Å². The Labute approximate surface area is 171 Å². The number of benzene rings is 2. The first kappa shape index (κ1) is 19.5. The van der Waals surface area contributed by atoms with Crippen LogP contribution >= 0.6 is 0 Å². The first-order chi connectivity index (χ1) is 14.5. The van der Waals surface area contributed by atoms with E-state index >= 15 is 0 Å². The van der Waals surface area contributed by atoms with Gasteiger partial charge < -0.3 is 14.7 Å². The summed E-state index contributed by atoms with van der Waals surface area (Å²) in [5, 5.41) is 10.8. The molecular weight excluding hydrogens is 389 g/mol. The highest BCUT2D eigenvalue weighted by Gasteiger charge is 2.27. The molecule has 30 heavy (non-hydrogen) atoms. The summed E-state index contributed by atoms with van der Waals surface area (Å²) in [4.78, 5) is 29.1. The van der Waals surface area contributed by atoms with E-state index in [9.17, 15) is 14.0 Å². The highest BCUT2D eigenvalue weighted by atomic mass is 19.1. The van der Waals surface area contributed by atoms with E-state index in [1.54, 1.807) is 36.4 Å². The van der Waals surface area contributed by atoms with Crippen molar-refractivity contribution in [1.29, 1.82) is 0 Å². The van der Waals surface area contributed by atoms with E-state index in [2.05, 4.69) is 15.6 Å². The van der Waals surface area contributed by atoms with Crippen LogP contribution in [0.5, 0.6) is 0 Å². The summed E-state index contributed by atoms with van der Waals surface area (Å²) in [7, 11) is 0.